The molecule has 0 spiro atoms. The molecule has 0 saturated carbocycles. The van der Waals surface area contributed by atoms with Gasteiger partial charge in [0.1, 0.15) is 11.3 Å². The first-order valence-corrected chi connectivity index (χ1v) is 9.17. The molecule has 1 unspecified atom stereocenters. The minimum absolute atomic E-state index is 0.0760. The molecule has 0 aliphatic carbocycles. The molecule has 28 heavy (non-hydrogen) atoms. The number of rotatable bonds is 5. The predicted octanol–water partition coefficient (Wildman–Crippen LogP) is 3.39. The summed E-state index contributed by atoms with van der Waals surface area (Å²) in [7, 11) is 1.60. The Balaban J connectivity index is 1.93. The van der Waals surface area contributed by atoms with Crippen LogP contribution in [0.4, 0.5) is 0 Å². The Morgan fingerprint density at radius 2 is 2.00 bits per heavy atom. The average molecular weight is 379 g/mol. The number of phenols is 1. The zero-order valence-corrected chi connectivity index (χ0v) is 15.8. The Hall–Kier alpha value is -3.12. The maximum atomic E-state index is 13.3. The number of fused-ring (bicyclic) bond motifs is 2. The van der Waals surface area contributed by atoms with Crippen molar-refractivity contribution >= 4 is 16.9 Å². The smallest absolute Gasteiger partial charge is 0.290 e. The number of benzene rings is 2. The van der Waals surface area contributed by atoms with Crippen molar-refractivity contribution in [3.63, 3.8) is 0 Å². The third-order valence-electron chi connectivity index (χ3n) is 5.05. The van der Waals surface area contributed by atoms with Crippen LogP contribution in [0.2, 0.25) is 0 Å². The van der Waals surface area contributed by atoms with Crippen molar-refractivity contribution in [1.29, 1.82) is 0 Å². The number of aromatic hydroxyl groups is 1. The molecule has 0 radical (unpaired) electrons. The van der Waals surface area contributed by atoms with Crippen molar-refractivity contribution in [3.8, 4) is 5.75 Å². The summed E-state index contributed by atoms with van der Waals surface area (Å²) >= 11 is 0. The minimum atomic E-state index is -0.604. The van der Waals surface area contributed by atoms with Crippen LogP contribution >= 0.6 is 0 Å². The highest BCUT2D eigenvalue weighted by Gasteiger charge is 2.42. The third kappa shape index (κ3) is 2.96. The molecule has 1 aromatic heterocycles. The van der Waals surface area contributed by atoms with Gasteiger partial charge in [-0.05, 0) is 43.2 Å². The van der Waals surface area contributed by atoms with Gasteiger partial charge < -0.3 is 19.2 Å². The van der Waals surface area contributed by atoms with Gasteiger partial charge in [-0.2, -0.15) is 0 Å². The lowest BCUT2D eigenvalue weighted by atomic mass is 9.98. The average Bonchev–Trinajstić information content (AvgIpc) is 2.95. The molecule has 1 atom stereocenters. The van der Waals surface area contributed by atoms with Crippen LogP contribution in [0.1, 0.15) is 39.7 Å². The van der Waals surface area contributed by atoms with E-state index in [4.69, 9.17) is 9.15 Å². The van der Waals surface area contributed by atoms with E-state index in [1.165, 1.54) is 0 Å². The summed E-state index contributed by atoms with van der Waals surface area (Å²) in [5, 5.41) is 10.4. The lowest BCUT2D eigenvalue weighted by Crippen LogP contribution is -2.31. The molecule has 0 saturated heterocycles. The molecule has 2 heterocycles. The topological polar surface area (TPSA) is 80.0 Å². The van der Waals surface area contributed by atoms with Crippen LogP contribution in [0.3, 0.4) is 0 Å². The molecule has 1 amide bonds. The first kappa shape index (κ1) is 18.3. The Labute approximate surface area is 162 Å². The molecule has 0 fully saturated rings. The Kier molecular flexibility index (Phi) is 4.65. The molecule has 1 aliphatic heterocycles. The second-order valence-corrected chi connectivity index (χ2v) is 7.02. The van der Waals surface area contributed by atoms with Crippen LogP contribution in [-0.4, -0.2) is 36.2 Å². The number of hydrogen-bond acceptors (Lipinski definition) is 5. The fourth-order valence-electron chi connectivity index (χ4n) is 3.79. The quantitative estimate of drug-likeness (QED) is 0.688. The number of carbonyl (C=O) groups excluding carboxylic acids is 1. The van der Waals surface area contributed by atoms with Crippen molar-refractivity contribution in [1.82, 2.24) is 4.90 Å². The molecular weight excluding hydrogens is 358 g/mol. The second kappa shape index (κ2) is 7.13. The van der Waals surface area contributed by atoms with Gasteiger partial charge in [-0.25, -0.2) is 0 Å². The van der Waals surface area contributed by atoms with Gasteiger partial charge in [0.05, 0.1) is 17.0 Å². The third-order valence-corrected chi connectivity index (χ3v) is 5.05. The lowest BCUT2D eigenvalue weighted by Gasteiger charge is -2.25. The predicted molar refractivity (Wildman–Crippen MR) is 105 cm³/mol. The monoisotopic (exact) mass is 379 g/mol. The SMILES string of the molecule is COCCCN1C(=O)c2oc3ccc(C)cc3c(=O)c2C1c1cccc(O)c1. The molecule has 4 rings (SSSR count). The van der Waals surface area contributed by atoms with E-state index >= 15 is 0 Å². The van der Waals surface area contributed by atoms with E-state index in [-0.39, 0.29) is 22.8 Å². The standard InChI is InChI=1S/C22H21NO5/c1-13-7-8-17-16(11-13)20(25)18-19(14-5-3-6-15(24)12-14)23(9-4-10-27-2)22(26)21(18)28-17/h3,5-8,11-12,19,24H,4,9-10H2,1-2H3. The van der Waals surface area contributed by atoms with Crippen molar-refractivity contribution in [2.75, 3.05) is 20.3 Å². The van der Waals surface area contributed by atoms with Gasteiger partial charge in [0.25, 0.3) is 5.91 Å². The normalized spacial score (nSPS) is 16.0. The number of ether oxygens (including phenoxy) is 1. The number of hydrogen-bond donors (Lipinski definition) is 1. The highest BCUT2D eigenvalue weighted by atomic mass is 16.5. The van der Waals surface area contributed by atoms with Gasteiger partial charge in [0.2, 0.25) is 5.76 Å². The number of phenolic OH excluding ortho intramolecular Hbond substituents is 1. The lowest BCUT2D eigenvalue weighted by molar-refractivity contribution is 0.0707. The van der Waals surface area contributed by atoms with Crippen molar-refractivity contribution in [2.24, 2.45) is 0 Å². The largest absolute Gasteiger partial charge is 0.508 e. The van der Waals surface area contributed by atoms with Crippen LogP contribution in [0.25, 0.3) is 11.0 Å². The van der Waals surface area contributed by atoms with Gasteiger partial charge in [0.15, 0.2) is 5.43 Å². The zero-order chi connectivity index (χ0) is 19.8. The molecule has 1 aliphatic rings. The van der Waals surface area contributed by atoms with E-state index in [9.17, 15) is 14.7 Å². The summed E-state index contributed by atoms with van der Waals surface area (Å²) in [6.45, 7) is 2.81. The fraction of sp³-hybridized carbons (Fsp3) is 0.273. The van der Waals surface area contributed by atoms with Crippen molar-refractivity contribution < 1.29 is 19.1 Å². The molecule has 6 nitrogen and oxygen atoms in total. The maximum absolute atomic E-state index is 13.3. The van der Waals surface area contributed by atoms with Gasteiger partial charge >= 0.3 is 0 Å². The molecule has 0 bridgehead atoms. The Morgan fingerprint density at radius 3 is 2.75 bits per heavy atom. The summed E-state index contributed by atoms with van der Waals surface area (Å²) in [4.78, 5) is 28.1. The Bertz CT molecular complexity index is 1120. The maximum Gasteiger partial charge on any atom is 0.290 e. The second-order valence-electron chi connectivity index (χ2n) is 7.02. The first-order chi connectivity index (χ1) is 13.5. The van der Waals surface area contributed by atoms with Gasteiger partial charge in [0, 0.05) is 20.3 Å². The summed E-state index contributed by atoms with van der Waals surface area (Å²) < 4.78 is 11.0. The minimum Gasteiger partial charge on any atom is -0.508 e. The number of methoxy groups -OCH3 is 1. The van der Waals surface area contributed by atoms with E-state index in [2.05, 4.69) is 0 Å². The van der Waals surface area contributed by atoms with Crippen molar-refractivity contribution in [2.45, 2.75) is 19.4 Å². The zero-order valence-electron chi connectivity index (χ0n) is 15.8. The van der Waals surface area contributed by atoms with Crippen LogP contribution in [0.5, 0.6) is 5.75 Å². The van der Waals surface area contributed by atoms with E-state index in [0.717, 1.165) is 5.56 Å². The highest BCUT2D eigenvalue weighted by Crippen LogP contribution is 2.39. The van der Waals surface area contributed by atoms with Gasteiger partial charge in [-0.1, -0.05) is 23.8 Å². The molecule has 1 N–H and O–H groups in total. The molecule has 6 heteroatoms. The number of aryl methyl sites for hydroxylation is 1. The molecule has 2 aromatic carbocycles. The summed E-state index contributed by atoms with van der Waals surface area (Å²) in [6, 6.07) is 11.4. The van der Waals surface area contributed by atoms with Crippen molar-refractivity contribution in [3.05, 3.63) is 75.1 Å². The molecule has 3 aromatic rings. The van der Waals surface area contributed by atoms with Gasteiger partial charge in [-0.15, -0.1) is 0 Å². The van der Waals surface area contributed by atoms with E-state index in [1.807, 2.05) is 13.0 Å². The van der Waals surface area contributed by atoms with Crippen LogP contribution in [0.15, 0.2) is 51.7 Å². The molecular formula is C22H21NO5. The van der Waals surface area contributed by atoms with Crippen LogP contribution < -0.4 is 5.43 Å². The first-order valence-electron chi connectivity index (χ1n) is 9.17. The summed E-state index contributed by atoms with van der Waals surface area (Å²) in [6.07, 6.45) is 0.623. The van der Waals surface area contributed by atoms with E-state index < -0.39 is 6.04 Å². The van der Waals surface area contributed by atoms with Gasteiger partial charge in [-0.3, -0.25) is 9.59 Å². The van der Waals surface area contributed by atoms with E-state index in [1.54, 1.807) is 48.4 Å². The number of nitrogens with zero attached hydrogens (tertiary/aromatic N) is 1. The fourth-order valence-corrected chi connectivity index (χ4v) is 3.79. The highest BCUT2D eigenvalue weighted by molar-refractivity contribution is 5.99. The van der Waals surface area contributed by atoms with Crippen LogP contribution in [0, 0.1) is 6.92 Å². The van der Waals surface area contributed by atoms with Crippen LogP contribution in [-0.2, 0) is 4.74 Å². The molecule has 144 valence electrons. The van der Waals surface area contributed by atoms with E-state index in [0.29, 0.717) is 41.7 Å². The number of carbonyl (C=O) groups is 1. The Morgan fingerprint density at radius 1 is 1.18 bits per heavy atom. The summed E-state index contributed by atoms with van der Waals surface area (Å²) in [5.74, 6) is -0.164. The summed E-state index contributed by atoms with van der Waals surface area (Å²) in [5.41, 5.74) is 2.12. The number of amides is 1.